The lowest BCUT2D eigenvalue weighted by molar-refractivity contribution is -0.146. The van der Waals surface area contributed by atoms with Crippen molar-refractivity contribution in [2.24, 2.45) is 0 Å². The number of Topliss-reactive ketones (excluding diaryl/α,β-unsaturated/α-hetero) is 1. The lowest BCUT2D eigenvalue weighted by Crippen LogP contribution is -2.13. The van der Waals surface area contributed by atoms with E-state index in [9.17, 15) is 14.7 Å². The summed E-state index contributed by atoms with van der Waals surface area (Å²) in [5.41, 5.74) is 6.61. The number of benzene rings is 1. The number of carboxylic acids is 1. The van der Waals surface area contributed by atoms with Crippen molar-refractivity contribution >= 4 is 17.4 Å². The summed E-state index contributed by atoms with van der Waals surface area (Å²) in [7, 11) is 0. The third-order valence-electron chi connectivity index (χ3n) is 2.13. The highest BCUT2D eigenvalue weighted by Gasteiger charge is 2.18. The number of hydrogen-bond donors (Lipinski definition) is 3. The number of rotatable bonds is 4. The van der Waals surface area contributed by atoms with Gasteiger partial charge in [-0.05, 0) is 18.6 Å². The fourth-order valence-electron chi connectivity index (χ4n) is 1.40. The van der Waals surface area contributed by atoms with Gasteiger partial charge < -0.3 is 15.9 Å². The Labute approximate surface area is 92.5 Å². The van der Waals surface area contributed by atoms with Crippen LogP contribution in [0, 0.1) is 0 Å². The van der Waals surface area contributed by atoms with Crippen LogP contribution in [-0.2, 0) is 16.0 Å². The number of carboxylic acid groups (broad SMARTS) is 1. The summed E-state index contributed by atoms with van der Waals surface area (Å²) in [6, 6.07) is 4.51. The molecular formula is C11H13NO4. The van der Waals surface area contributed by atoms with E-state index in [4.69, 9.17) is 10.8 Å². The molecule has 1 aromatic carbocycles. The van der Waals surface area contributed by atoms with Gasteiger partial charge in [-0.15, -0.1) is 0 Å². The first-order valence-electron chi connectivity index (χ1n) is 4.70. The van der Waals surface area contributed by atoms with Crippen LogP contribution in [0.15, 0.2) is 18.2 Å². The molecule has 0 bridgehead atoms. The fraction of sp³-hybridized carbons (Fsp3) is 0.273. The zero-order valence-corrected chi connectivity index (χ0v) is 8.80. The monoisotopic (exact) mass is 223 g/mol. The first-order chi connectivity index (χ1) is 7.41. The summed E-state index contributed by atoms with van der Waals surface area (Å²) in [5, 5.41) is 17.9. The van der Waals surface area contributed by atoms with Crippen molar-refractivity contribution in [1.82, 2.24) is 0 Å². The number of hydrogen-bond acceptors (Lipinski definition) is 4. The van der Waals surface area contributed by atoms with Crippen LogP contribution in [0.4, 0.5) is 5.69 Å². The van der Waals surface area contributed by atoms with E-state index in [1.54, 1.807) is 6.07 Å². The first-order valence-corrected chi connectivity index (χ1v) is 4.70. The van der Waals surface area contributed by atoms with E-state index in [2.05, 4.69) is 0 Å². The number of carbonyl (C=O) groups excluding carboxylic acids is 1. The topological polar surface area (TPSA) is 101 Å². The predicted octanol–water partition coefficient (Wildman–Crippen LogP) is 0.518. The average Bonchev–Trinajstić information content (AvgIpc) is 2.15. The van der Waals surface area contributed by atoms with Crippen LogP contribution in [0.25, 0.3) is 0 Å². The number of nitrogen functional groups attached to an aromatic ring is 1. The number of carbonyl (C=O) groups is 2. The summed E-state index contributed by atoms with van der Waals surface area (Å²) < 4.78 is 0. The van der Waals surface area contributed by atoms with Gasteiger partial charge in [0.1, 0.15) is 5.78 Å². The van der Waals surface area contributed by atoms with Gasteiger partial charge in [0.05, 0.1) is 0 Å². The number of aliphatic carboxylic acids is 1. The minimum Gasteiger partial charge on any atom is -0.479 e. The van der Waals surface area contributed by atoms with Crippen molar-refractivity contribution in [3.8, 4) is 0 Å². The summed E-state index contributed by atoms with van der Waals surface area (Å²) >= 11 is 0. The van der Waals surface area contributed by atoms with Crippen LogP contribution < -0.4 is 5.73 Å². The fourth-order valence-corrected chi connectivity index (χ4v) is 1.40. The molecule has 1 aromatic rings. The van der Waals surface area contributed by atoms with Crippen molar-refractivity contribution in [2.75, 3.05) is 5.73 Å². The molecule has 5 nitrogen and oxygen atoms in total. The molecule has 1 unspecified atom stereocenters. The van der Waals surface area contributed by atoms with Crippen molar-refractivity contribution < 1.29 is 19.8 Å². The molecule has 0 aliphatic heterocycles. The summed E-state index contributed by atoms with van der Waals surface area (Å²) in [6.45, 7) is 1.45. The molecule has 0 spiro atoms. The minimum atomic E-state index is -1.63. The number of aliphatic hydroxyl groups is 1. The van der Waals surface area contributed by atoms with Crippen LogP contribution >= 0.6 is 0 Å². The first kappa shape index (κ1) is 12.2. The second kappa shape index (κ2) is 4.76. The van der Waals surface area contributed by atoms with E-state index >= 15 is 0 Å². The van der Waals surface area contributed by atoms with Crippen molar-refractivity contribution in [3.05, 3.63) is 29.3 Å². The highest BCUT2D eigenvalue weighted by molar-refractivity contribution is 5.79. The molecule has 0 fully saturated rings. The molecule has 5 heteroatoms. The number of anilines is 1. The average molecular weight is 223 g/mol. The zero-order chi connectivity index (χ0) is 12.3. The maximum Gasteiger partial charge on any atom is 0.337 e. The van der Waals surface area contributed by atoms with Gasteiger partial charge in [-0.1, -0.05) is 12.1 Å². The Morgan fingerprint density at radius 1 is 1.44 bits per heavy atom. The molecule has 4 N–H and O–H groups in total. The SMILES string of the molecule is CC(=O)Cc1ccc(C(O)C(=O)O)c(N)c1. The number of nitrogens with two attached hydrogens (primary N) is 1. The van der Waals surface area contributed by atoms with Crippen LogP contribution in [0.1, 0.15) is 24.2 Å². The maximum atomic E-state index is 10.9. The van der Waals surface area contributed by atoms with Crippen LogP contribution in [0.5, 0.6) is 0 Å². The second-order valence-electron chi connectivity index (χ2n) is 3.58. The summed E-state index contributed by atoms with van der Waals surface area (Å²) in [4.78, 5) is 21.4. The Morgan fingerprint density at radius 3 is 2.50 bits per heavy atom. The minimum absolute atomic E-state index is 0.00840. The predicted molar refractivity (Wildman–Crippen MR) is 57.8 cm³/mol. The van der Waals surface area contributed by atoms with E-state index < -0.39 is 12.1 Å². The molecule has 0 radical (unpaired) electrons. The zero-order valence-electron chi connectivity index (χ0n) is 8.80. The summed E-state index contributed by atoms with van der Waals surface area (Å²) in [6.07, 6.45) is -1.39. The van der Waals surface area contributed by atoms with Gasteiger partial charge in [-0.25, -0.2) is 4.79 Å². The van der Waals surface area contributed by atoms with Crippen molar-refractivity contribution in [1.29, 1.82) is 0 Å². The normalized spacial score (nSPS) is 12.1. The molecular weight excluding hydrogens is 210 g/mol. The molecule has 1 atom stereocenters. The van der Waals surface area contributed by atoms with E-state index in [0.29, 0.717) is 5.56 Å². The second-order valence-corrected chi connectivity index (χ2v) is 3.58. The molecule has 86 valence electrons. The molecule has 0 aromatic heterocycles. The molecule has 0 aliphatic carbocycles. The maximum absolute atomic E-state index is 10.9. The number of aliphatic hydroxyl groups excluding tert-OH is 1. The lowest BCUT2D eigenvalue weighted by atomic mass is 10.0. The van der Waals surface area contributed by atoms with Gasteiger partial charge in [0.2, 0.25) is 0 Å². The molecule has 0 saturated heterocycles. The molecule has 0 aliphatic rings. The highest BCUT2D eigenvalue weighted by Crippen LogP contribution is 2.22. The Kier molecular flexibility index (Phi) is 3.63. The molecule has 0 heterocycles. The lowest BCUT2D eigenvalue weighted by Gasteiger charge is -2.10. The highest BCUT2D eigenvalue weighted by atomic mass is 16.4. The third-order valence-corrected chi connectivity index (χ3v) is 2.13. The third kappa shape index (κ3) is 2.80. The van der Waals surface area contributed by atoms with Gasteiger partial charge in [-0.3, -0.25) is 4.79 Å². The van der Waals surface area contributed by atoms with E-state index in [-0.39, 0.29) is 23.5 Å². The van der Waals surface area contributed by atoms with E-state index in [1.165, 1.54) is 19.1 Å². The Bertz CT molecular complexity index is 428. The van der Waals surface area contributed by atoms with Gasteiger partial charge >= 0.3 is 5.97 Å². The van der Waals surface area contributed by atoms with Gasteiger partial charge in [0.25, 0.3) is 0 Å². The standard InChI is InChI=1S/C11H13NO4/c1-6(13)4-7-2-3-8(9(12)5-7)10(14)11(15)16/h2-3,5,10,14H,4,12H2,1H3,(H,15,16). The number of ketones is 1. The van der Waals surface area contributed by atoms with Gasteiger partial charge in [0, 0.05) is 17.7 Å². The molecule has 1 rings (SSSR count). The largest absolute Gasteiger partial charge is 0.479 e. The van der Waals surface area contributed by atoms with Crippen molar-refractivity contribution in [3.63, 3.8) is 0 Å². The smallest absolute Gasteiger partial charge is 0.337 e. The molecule has 0 amide bonds. The quantitative estimate of drug-likeness (QED) is 0.646. The summed E-state index contributed by atoms with van der Waals surface area (Å²) in [5.74, 6) is -1.36. The molecule has 16 heavy (non-hydrogen) atoms. The van der Waals surface area contributed by atoms with Crippen molar-refractivity contribution in [2.45, 2.75) is 19.4 Å². The Balaban J connectivity index is 3.00. The van der Waals surface area contributed by atoms with Crippen LogP contribution in [0.2, 0.25) is 0 Å². The Morgan fingerprint density at radius 2 is 2.06 bits per heavy atom. The van der Waals surface area contributed by atoms with Crippen LogP contribution in [0.3, 0.4) is 0 Å². The van der Waals surface area contributed by atoms with E-state index in [0.717, 1.165) is 0 Å². The molecule has 0 saturated carbocycles. The van der Waals surface area contributed by atoms with Gasteiger partial charge in [-0.2, -0.15) is 0 Å². The van der Waals surface area contributed by atoms with Crippen LogP contribution in [-0.4, -0.2) is 22.0 Å². The van der Waals surface area contributed by atoms with Gasteiger partial charge in [0.15, 0.2) is 6.10 Å². The van der Waals surface area contributed by atoms with E-state index in [1.807, 2.05) is 0 Å². The Hall–Kier alpha value is -1.88.